The number of hydrogen-bond donors (Lipinski definition) is 0. The first-order chi connectivity index (χ1) is 14.3. The fraction of sp³-hybridized carbons (Fsp3) is 0.840. The van der Waals surface area contributed by atoms with Crippen molar-refractivity contribution in [1.29, 1.82) is 0 Å². The number of ether oxygens (including phenoxy) is 1. The fourth-order valence-electron chi connectivity index (χ4n) is 5.72. The minimum atomic E-state index is -4.56. The molecule has 3 aliphatic rings. The molecule has 0 aromatic rings. The normalized spacial score (nSPS) is 36.9. The maximum Gasteiger partial charge on any atom is 0.412 e. The van der Waals surface area contributed by atoms with E-state index >= 15 is 0 Å². The Labute approximate surface area is 179 Å². The van der Waals surface area contributed by atoms with Gasteiger partial charge in [-0.15, -0.1) is 0 Å². The predicted molar refractivity (Wildman–Crippen MR) is 113 cm³/mol. The molecule has 5 heteroatoms. The largest absolute Gasteiger partial charge is 0.412 e. The highest BCUT2D eigenvalue weighted by Gasteiger charge is 2.32. The Morgan fingerprint density at radius 2 is 1.47 bits per heavy atom. The monoisotopic (exact) mass is 430 g/mol. The molecule has 0 aromatic heterocycles. The van der Waals surface area contributed by atoms with Gasteiger partial charge in [0, 0.05) is 12.5 Å². The summed E-state index contributed by atoms with van der Waals surface area (Å²) in [6.07, 6.45) is 12.9. The molecule has 1 nitrogen and oxygen atoms in total. The summed E-state index contributed by atoms with van der Waals surface area (Å²) >= 11 is 0. The van der Waals surface area contributed by atoms with Crippen LogP contribution in [0.3, 0.4) is 0 Å². The van der Waals surface area contributed by atoms with Crippen LogP contribution >= 0.6 is 0 Å². The smallest absolute Gasteiger partial charge is 0.378 e. The lowest BCUT2D eigenvalue weighted by molar-refractivity contribution is -0.0821. The minimum Gasteiger partial charge on any atom is -0.378 e. The van der Waals surface area contributed by atoms with E-state index in [0.717, 1.165) is 25.4 Å². The molecular formula is C25H38F4O. The third-order valence-corrected chi connectivity index (χ3v) is 7.56. The molecule has 0 aromatic carbocycles. The second kappa shape index (κ2) is 11.2. The van der Waals surface area contributed by atoms with Crippen molar-refractivity contribution in [3.05, 3.63) is 24.1 Å². The van der Waals surface area contributed by atoms with Crippen LogP contribution < -0.4 is 0 Å². The maximum atomic E-state index is 13.8. The Morgan fingerprint density at radius 1 is 0.867 bits per heavy atom. The summed E-state index contributed by atoms with van der Waals surface area (Å²) in [5.41, 5.74) is 0. The van der Waals surface area contributed by atoms with Crippen molar-refractivity contribution in [2.24, 2.45) is 29.6 Å². The molecule has 0 spiro atoms. The van der Waals surface area contributed by atoms with Gasteiger partial charge in [-0.3, -0.25) is 0 Å². The lowest BCUT2D eigenvalue weighted by atomic mass is 9.76. The summed E-state index contributed by atoms with van der Waals surface area (Å²) in [4.78, 5) is 0. The summed E-state index contributed by atoms with van der Waals surface area (Å²) < 4.78 is 56.9. The lowest BCUT2D eigenvalue weighted by Gasteiger charge is -2.37. The first-order valence-electron chi connectivity index (χ1n) is 12.1. The second-order valence-corrected chi connectivity index (χ2v) is 9.85. The molecule has 3 fully saturated rings. The summed E-state index contributed by atoms with van der Waals surface area (Å²) in [5, 5.41) is 0. The Morgan fingerprint density at radius 3 is 1.97 bits per heavy atom. The van der Waals surface area contributed by atoms with Gasteiger partial charge in [0.2, 0.25) is 0 Å². The number of halogens is 4. The van der Waals surface area contributed by atoms with E-state index in [1.54, 1.807) is 0 Å². The zero-order valence-electron chi connectivity index (χ0n) is 18.3. The molecule has 1 saturated heterocycles. The number of allylic oxidation sites excluding steroid dienone is 4. The average Bonchev–Trinajstić information content (AvgIpc) is 2.73. The van der Waals surface area contributed by atoms with Gasteiger partial charge in [-0.05, 0) is 94.3 Å². The Bertz CT molecular complexity index is 558. The van der Waals surface area contributed by atoms with Crippen molar-refractivity contribution in [2.75, 3.05) is 6.61 Å². The number of rotatable bonds is 6. The van der Waals surface area contributed by atoms with Crippen LogP contribution in [0.15, 0.2) is 24.1 Å². The summed E-state index contributed by atoms with van der Waals surface area (Å²) in [7, 11) is 0. The molecule has 1 aliphatic heterocycles. The SMILES string of the molecule is CCCC1CCC(C2CCC(/C=C/C3CCC(/C(F)=C/C(F)(F)F)CC3)CC2)OC1. The van der Waals surface area contributed by atoms with E-state index in [1.165, 1.54) is 51.4 Å². The minimum absolute atomic E-state index is 0.160. The van der Waals surface area contributed by atoms with Crippen molar-refractivity contribution >= 4 is 0 Å². The fourth-order valence-corrected chi connectivity index (χ4v) is 5.72. The molecule has 2 saturated carbocycles. The topological polar surface area (TPSA) is 9.23 Å². The first-order valence-corrected chi connectivity index (χ1v) is 12.1. The van der Waals surface area contributed by atoms with E-state index in [9.17, 15) is 17.6 Å². The van der Waals surface area contributed by atoms with Crippen LogP contribution in [-0.4, -0.2) is 18.9 Å². The Kier molecular flexibility index (Phi) is 8.85. The van der Waals surface area contributed by atoms with Gasteiger partial charge >= 0.3 is 6.18 Å². The van der Waals surface area contributed by atoms with Crippen molar-refractivity contribution in [3.8, 4) is 0 Å². The van der Waals surface area contributed by atoms with Crippen LogP contribution in [0, 0.1) is 29.6 Å². The summed E-state index contributed by atoms with van der Waals surface area (Å²) in [6.45, 7) is 3.19. The van der Waals surface area contributed by atoms with Gasteiger partial charge in [0.25, 0.3) is 0 Å². The molecule has 2 atom stereocenters. The van der Waals surface area contributed by atoms with Crippen molar-refractivity contribution in [3.63, 3.8) is 0 Å². The van der Waals surface area contributed by atoms with E-state index in [1.807, 2.05) is 0 Å². The highest BCUT2D eigenvalue weighted by molar-refractivity contribution is 5.05. The van der Waals surface area contributed by atoms with Gasteiger partial charge in [0.1, 0.15) is 5.83 Å². The molecule has 0 N–H and O–H groups in total. The standard InChI is InChI=1S/C25H38F4O/c1-2-3-20-10-15-24(30-17-20)22-13-8-19(9-14-22)5-4-18-6-11-21(12-7-18)23(26)16-25(27,28)29/h4-5,16,18-22,24H,2-3,6-15,17H2,1H3/b5-4+,23-16-. The van der Waals surface area contributed by atoms with Crippen molar-refractivity contribution < 1.29 is 22.3 Å². The van der Waals surface area contributed by atoms with Crippen LogP contribution in [0.25, 0.3) is 0 Å². The van der Waals surface area contributed by atoms with E-state index < -0.39 is 17.9 Å². The molecule has 0 amide bonds. The predicted octanol–water partition coefficient (Wildman–Crippen LogP) is 8.17. The van der Waals surface area contributed by atoms with E-state index in [-0.39, 0.29) is 6.08 Å². The number of alkyl halides is 3. The van der Waals surface area contributed by atoms with Crippen LogP contribution in [0.2, 0.25) is 0 Å². The van der Waals surface area contributed by atoms with Gasteiger partial charge in [0.05, 0.1) is 12.2 Å². The van der Waals surface area contributed by atoms with Gasteiger partial charge in [0.15, 0.2) is 0 Å². The van der Waals surface area contributed by atoms with Crippen LogP contribution in [-0.2, 0) is 4.74 Å². The van der Waals surface area contributed by atoms with Crippen LogP contribution in [0.4, 0.5) is 17.6 Å². The summed E-state index contributed by atoms with van der Waals surface area (Å²) in [5.74, 6) is 0.912. The zero-order valence-corrected chi connectivity index (χ0v) is 18.3. The Hall–Kier alpha value is -0.840. The molecule has 1 heterocycles. The highest BCUT2D eigenvalue weighted by Crippen LogP contribution is 2.39. The molecular weight excluding hydrogens is 392 g/mol. The highest BCUT2D eigenvalue weighted by atomic mass is 19.4. The molecule has 2 unspecified atom stereocenters. The number of hydrogen-bond acceptors (Lipinski definition) is 1. The lowest BCUT2D eigenvalue weighted by Crippen LogP contribution is -2.34. The van der Waals surface area contributed by atoms with Gasteiger partial charge < -0.3 is 4.74 Å². The molecule has 0 bridgehead atoms. The van der Waals surface area contributed by atoms with E-state index in [2.05, 4.69) is 19.1 Å². The maximum absolute atomic E-state index is 13.8. The quantitative estimate of drug-likeness (QED) is 0.305. The average molecular weight is 431 g/mol. The molecule has 172 valence electrons. The Balaban J connectivity index is 1.35. The first kappa shape index (κ1) is 23.8. The molecule has 3 rings (SSSR count). The van der Waals surface area contributed by atoms with Crippen molar-refractivity contribution in [2.45, 2.75) is 96.3 Å². The van der Waals surface area contributed by atoms with Gasteiger partial charge in [-0.1, -0.05) is 25.5 Å². The zero-order chi connectivity index (χ0) is 21.6. The third-order valence-electron chi connectivity index (χ3n) is 7.56. The van der Waals surface area contributed by atoms with Gasteiger partial charge in [-0.2, -0.15) is 13.2 Å². The van der Waals surface area contributed by atoms with Gasteiger partial charge in [-0.25, -0.2) is 4.39 Å². The second-order valence-electron chi connectivity index (χ2n) is 9.85. The third kappa shape index (κ3) is 7.39. The van der Waals surface area contributed by atoms with E-state index in [0.29, 0.717) is 36.7 Å². The molecule has 30 heavy (non-hydrogen) atoms. The molecule has 0 radical (unpaired) electrons. The summed E-state index contributed by atoms with van der Waals surface area (Å²) in [6, 6.07) is 0. The van der Waals surface area contributed by atoms with Crippen LogP contribution in [0.5, 0.6) is 0 Å². The van der Waals surface area contributed by atoms with Crippen LogP contribution in [0.1, 0.15) is 84.0 Å². The molecule has 2 aliphatic carbocycles. The van der Waals surface area contributed by atoms with Crippen molar-refractivity contribution in [1.82, 2.24) is 0 Å². The van der Waals surface area contributed by atoms with E-state index in [4.69, 9.17) is 4.74 Å².